The van der Waals surface area contributed by atoms with E-state index < -0.39 is 67.5 Å². The number of benzene rings is 1. The van der Waals surface area contributed by atoms with Crippen LogP contribution in [0.2, 0.25) is 0 Å². The van der Waals surface area contributed by atoms with Gasteiger partial charge in [0.1, 0.15) is 5.75 Å². The van der Waals surface area contributed by atoms with Crippen LogP contribution < -0.4 is 4.74 Å². The Balaban J connectivity index is 2.83. The molecule has 0 bridgehead atoms. The number of methoxy groups -OCH3 is 1. The van der Waals surface area contributed by atoms with Crippen molar-refractivity contribution in [2.24, 2.45) is 0 Å². The first-order valence-electron chi connectivity index (χ1n) is 12.6. The van der Waals surface area contributed by atoms with Gasteiger partial charge in [0.25, 0.3) is 0 Å². The number of hydrogen-bond acceptors (Lipinski definition) is 3. The molecule has 0 saturated heterocycles. The molecule has 1 atom stereocenters. The minimum absolute atomic E-state index is 0.0685. The smallest absolute Gasteiger partial charge is 0.118 e. The van der Waals surface area contributed by atoms with Crippen LogP contribution in [0.5, 0.6) is 5.75 Å². The van der Waals surface area contributed by atoms with Gasteiger partial charge in [0, 0.05) is 19.3 Å². The third-order valence-corrected chi connectivity index (χ3v) is 3.59. The van der Waals surface area contributed by atoms with Gasteiger partial charge in [0.2, 0.25) is 0 Å². The largest absolute Gasteiger partial charge is 0.497 e. The first-order valence-corrected chi connectivity index (χ1v) is 6.60. The van der Waals surface area contributed by atoms with Crippen molar-refractivity contribution in [2.45, 2.75) is 43.6 Å². The molecule has 0 radical (unpaired) electrons. The second-order valence-electron chi connectivity index (χ2n) is 5.13. The van der Waals surface area contributed by atoms with E-state index in [0.29, 0.717) is 17.7 Å². The van der Waals surface area contributed by atoms with Crippen LogP contribution in [0.1, 0.15) is 60.0 Å². The normalized spacial score (nSPS) is 30.6. The molecule has 0 heterocycles. The second-order valence-corrected chi connectivity index (χ2v) is 5.13. The van der Waals surface area contributed by atoms with Crippen molar-refractivity contribution in [3.63, 3.8) is 0 Å². The highest BCUT2D eigenvalue weighted by molar-refractivity contribution is 5.31. The van der Waals surface area contributed by atoms with Gasteiger partial charge in [-0.3, -0.25) is 0 Å². The van der Waals surface area contributed by atoms with Crippen molar-refractivity contribution in [2.75, 3.05) is 27.6 Å². The van der Waals surface area contributed by atoms with Crippen molar-refractivity contribution in [1.82, 2.24) is 4.90 Å². The highest BCUT2D eigenvalue weighted by Crippen LogP contribution is 2.40. The monoisotopic (exact) mass is 289 g/mol. The van der Waals surface area contributed by atoms with Crippen molar-refractivity contribution in [1.29, 1.82) is 0 Å². The summed E-state index contributed by atoms with van der Waals surface area (Å²) in [5.41, 5.74) is -2.37. The lowest BCUT2D eigenvalue weighted by molar-refractivity contribution is -0.0277. The summed E-state index contributed by atoms with van der Waals surface area (Å²) in [4.78, 5) is 0.427. The van der Waals surface area contributed by atoms with Gasteiger partial charge in [-0.05, 0) is 44.5 Å². The lowest BCUT2D eigenvalue weighted by atomic mass is 9.72. The van der Waals surface area contributed by atoms with Crippen molar-refractivity contribution in [3.8, 4) is 5.75 Å². The van der Waals surface area contributed by atoms with Crippen LogP contribution in [-0.2, 0) is 0 Å². The molecule has 0 aliphatic heterocycles. The molecule has 0 unspecified atom stereocenters. The maximum absolute atomic E-state index is 11.5. The number of ether oxygens (including phenoxy) is 1. The van der Waals surface area contributed by atoms with E-state index in [9.17, 15) is 5.11 Å². The Bertz CT molecular complexity index is 816. The highest BCUT2D eigenvalue weighted by Gasteiger charge is 2.38. The lowest BCUT2D eigenvalue weighted by Crippen LogP contribution is -2.42. The summed E-state index contributed by atoms with van der Waals surface area (Å²) in [5.74, 6) is -2.60. The lowest BCUT2D eigenvalue weighted by Gasteiger charge is -2.40. The maximum atomic E-state index is 11.5. The van der Waals surface area contributed by atoms with Crippen LogP contribution in [0.4, 0.5) is 0 Å². The van der Waals surface area contributed by atoms with E-state index in [1.54, 1.807) is 0 Å². The molecule has 112 valence electrons. The molecule has 1 fully saturated rings. The van der Waals surface area contributed by atoms with Crippen LogP contribution in [-0.4, -0.2) is 43.2 Å². The van der Waals surface area contributed by atoms with E-state index in [1.807, 2.05) is 0 Å². The molecule has 3 heteroatoms. The number of aliphatic hydroxyl groups is 1. The van der Waals surface area contributed by atoms with E-state index in [4.69, 9.17) is 16.4 Å². The summed E-state index contributed by atoms with van der Waals surface area (Å²) in [7, 11) is -2.06. The quantitative estimate of drug-likeness (QED) is 0.904. The minimum Gasteiger partial charge on any atom is -0.497 e. The van der Waals surface area contributed by atoms with Crippen LogP contribution in [0.25, 0.3) is 0 Å². The molecule has 0 aromatic heterocycles. The van der Waals surface area contributed by atoms with Gasteiger partial charge in [-0.15, -0.1) is 0 Å². The van der Waals surface area contributed by atoms with Crippen molar-refractivity contribution < 1.29 is 26.3 Å². The molecule has 1 aliphatic rings. The summed E-state index contributed by atoms with van der Waals surface area (Å²) in [5, 5.41) is 11.5. The Labute approximate surface area is 139 Å². The molecule has 1 N–H and O–H groups in total. The highest BCUT2D eigenvalue weighted by atomic mass is 16.5. The number of hydrogen-bond donors (Lipinski definition) is 1. The molecular formula is C17H27NO2. The summed E-state index contributed by atoms with van der Waals surface area (Å²) in [6, 6.07) is -3.29. The van der Waals surface area contributed by atoms with E-state index in [-0.39, 0.29) is 12.8 Å². The molecule has 1 saturated carbocycles. The molecule has 0 spiro atoms. The van der Waals surface area contributed by atoms with Crippen LogP contribution >= 0.6 is 0 Å². The Kier molecular flexibility index (Phi) is 1.97. The molecule has 1 aliphatic carbocycles. The Morgan fingerprint density at radius 1 is 1.40 bits per heavy atom. The molecule has 2 rings (SSSR count). The van der Waals surface area contributed by atoms with Crippen molar-refractivity contribution >= 4 is 0 Å². The fourth-order valence-corrected chi connectivity index (χ4v) is 2.61. The molecule has 1 aromatic rings. The molecule has 0 amide bonds. The molecule has 3 nitrogen and oxygen atoms in total. The maximum Gasteiger partial charge on any atom is 0.118 e. The van der Waals surface area contributed by atoms with Gasteiger partial charge in [0.15, 0.2) is 0 Å². The zero-order chi connectivity index (χ0) is 24.9. The standard InChI is InChI=1S/C17H27NO2/c1-18(2)13-16(17(19)11-5-4-6-12-17)14-7-9-15(20-3)10-8-14/h7-10,16,19H,4-6,11-13H2,1-3H3/t16-/m1/s1/i1D3,3D3,7D,8D,9D,10D,13D2. The van der Waals surface area contributed by atoms with Gasteiger partial charge in [-0.1, -0.05) is 31.3 Å². The third kappa shape index (κ3) is 3.53. The van der Waals surface area contributed by atoms with Crippen LogP contribution in [0, 0.1) is 0 Å². The summed E-state index contributed by atoms with van der Waals surface area (Å²) in [6.45, 7) is -5.73. The summed E-state index contributed by atoms with van der Waals surface area (Å²) < 4.78 is 99.6. The van der Waals surface area contributed by atoms with E-state index in [0.717, 1.165) is 13.5 Å². The first-order chi connectivity index (χ1) is 14.3. The summed E-state index contributed by atoms with van der Waals surface area (Å²) >= 11 is 0. The van der Waals surface area contributed by atoms with E-state index in [2.05, 4.69) is 4.74 Å². The van der Waals surface area contributed by atoms with Crippen LogP contribution in [0.3, 0.4) is 0 Å². The SMILES string of the molecule is [2H]c1c([2H])c([C@H](C2(O)CCCCC2)C([2H])([2H])N(C)C([2H])([2H])[2H])c([2H])c([2H])c1OC([2H])([2H])[2H]. The predicted octanol–water partition coefficient (Wildman–Crippen LogP) is 3.04. The number of rotatable bonds is 5. The number of likely N-dealkylation sites (N-methyl/N-ethyl adjacent to an activating group) is 1. The summed E-state index contributed by atoms with van der Waals surface area (Å²) in [6.07, 6.45) is 1.90. The van der Waals surface area contributed by atoms with E-state index >= 15 is 0 Å². The fraction of sp³-hybridized carbons (Fsp3) is 0.647. The van der Waals surface area contributed by atoms with Gasteiger partial charge in [0.05, 0.1) is 22.2 Å². The average Bonchev–Trinajstić information content (AvgIpc) is 2.65. The van der Waals surface area contributed by atoms with Crippen molar-refractivity contribution in [3.05, 3.63) is 29.7 Å². The van der Waals surface area contributed by atoms with E-state index in [1.165, 1.54) is 0 Å². The molecule has 20 heavy (non-hydrogen) atoms. The Morgan fingerprint density at radius 2 is 2.10 bits per heavy atom. The zero-order valence-corrected chi connectivity index (χ0v) is 11.4. The van der Waals surface area contributed by atoms with Crippen LogP contribution in [0.15, 0.2) is 24.2 Å². The number of nitrogens with zero attached hydrogens (tertiary/aromatic N) is 1. The minimum atomic E-state index is -3.05. The van der Waals surface area contributed by atoms with Gasteiger partial charge in [-0.2, -0.15) is 0 Å². The molecule has 1 aromatic carbocycles. The third-order valence-electron chi connectivity index (χ3n) is 3.59. The first kappa shape index (κ1) is 5.98. The average molecular weight is 289 g/mol. The fourth-order valence-electron chi connectivity index (χ4n) is 2.61. The van der Waals surface area contributed by atoms with Gasteiger partial charge in [-0.25, -0.2) is 0 Å². The predicted molar refractivity (Wildman–Crippen MR) is 82.3 cm³/mol. The Hall–Kier alpha value is -1.06. The second kappa shape index (κ2) is 6.59. The molecular weight excluding hydrogens is 250 g/mol. The Morgan fingerprint density at radius 3 is 2.70 bits per heavy atom. The zero-order valence-electron chi connectivity index (χ0n) is 23.4. The van der Waals surface area contributed by atoms with Gasteiger partial charge >= 0.3 is 0 Å². The van der Waals surface area contributed by atoms with Gasteiger partial charge < -0.3 is 14.7 Å². The topological polar surface area (TPSA) is 32.7 Å².